The molecule has 0 saturated carbocycles. The third-order valence-electron chi connectivity index (χ3n) is 3.20. The number of rotatable bonds is 4. The minimum atomic E-state index is 0.711. The van der Waals surface area contributed by atoms with Crippen LogP contribution in [0, 0.1) is 11.3 Å². The molecule has 1 heteroatoms. The van der Waals surface area contributed by atoms with Gasteiger partial charge < -0.3 is 0 Å². The zero-order valence-electron chi connectivity index (χ0n) is 11.2. The van der Waals surface area contributed by atoms with Gasteiger partial charge in [0.1, 0.15) is 0 Å². The first-order valence-corrected chi connectivity index (χ1v) is 6.54. The number of hydrogen-bond donors (Lipinski definition) is 0. The van der Waals surface area contributed by atoms with Crippen LogP contribution in [0.15, 0.2) is 55.1 Å². The third-order valence-corrected chi connectivity index (χ3v) is 3.20. The molecule has 2 aromatic rings. The Labute approximate surface area is 114 Å². The second-order valence-electron chi connectivity index (χ2n) is 4.59. The summed E-state index contributed by atoms with van der Waals surface area (Å²) >= 11 is 0. The molecule has 0 unspecified atom stereocenters. The van der Waals surface area contributed by atoms with Gasteiger partial charge in [0.25, 0.3) is 0 Å². The van der Waals surface area contributed by atoms with Gasteiger partial charge in [-0.15, -0.1) is 0 Å². The van der Waals surface area contributed by atoms with Crippen LogP contribution < -0.4 is 0 Å². The van der Waals surface area contributed by atoms with Crippen molar-refractivity contribution in [2.24, 2.45) is 0 Å². The summed E-state index contributed by atoms with van der Waals surface area (Å²) in [7, 11) is 0. The quantitative estimate of drug-likeness (QED) is 0.742. The summed E-state index contributed by atoms with van der Waals surface area (Å²) < 4.78 is 0. The van der Waals surface area contributed by atoms with Gasteiger partial charge in [-0.05, 0) is 34.8 Å². The van der Waals surface area contributed by atoms with E-state index in [0.29, 0.717) is 5.56 Å². The van der Waals surface area contributed by atoms with E-state index >= 15 is 0 Å². The van der Waals surface area contributed by atoms with Crippen molar-refractivity contribution < 1.29 is 0 Å². The van der Waals surface area contributed by atoms with Gasteiger partial charge in [-0.3, -0.25) is 0 Å². The molecule has 0 amide bonds. The Morgan fingerprint density at radius 1 is 1.11 bits per heavy atom. The fraction of sp³-hybridized carbons (Fsp3) is 0.167. The molecule has 2 rings (SSSR count). The molecule has 0 aliphatic heterocycles. The molecule has 0 atom stereocenters. The van der Waals surface area contributed by atoms with Crippen molar-refractivity contribution in [1.29, 1.82) is 5.26 Å². The van der Waals surface area contributed by atoms with Gasteiger partial charge in [0, 0.05) is 0 Å². The normalized spacial score (nSPS) is 9.89. The first kappa shape index (κ1) is 13.1. The lowest BCUT2D eigenvalue weighted by Crippen LogP contribution is -1.86. The zero-order chi connectivity index (χ0) is 13.7. The van der Waals surface area contributed by atoms with E-state index in [1.807, 2.05) is 24.3 Å². The molecule has 19 heavy (non-hydrogen) atoms. The molecule has 94 valence electrons. The maximum atomic E-state index is 9.13. The second kappa shape index (κ2) is 6.02. The van der Waals surface area contributed by atoms with Gasteiger partial charge in [0.05, 0.1) is 11.6 Å². The minimum absolute atomic E-state index is 0.711. The maximum absolute atomic E-state index is 9.13. The molecule has 0 radical (unpaired) electrons. The van der Waals surface area contributed by atoms with E-state index in [1.165, 1.54) is 11.1 Å². The topological polar surface area (TPSA) is 23.8 Å². The van der Waals surface area contributed by atoms with Crippen LogP contribution in [0.5, 0.6) is 0 Å². The number of nitrogens with zero attached hydrogens (tertiary/aromatic N) is 1. The van der Waals surface area contributed by atoms with Crippen molar-refractivity contribution in [3.05, 3.63) is 66.2 Å². The van der Waals surface area contributed by atoms with Crippen LogP contribution in [-0.2, 0) is 0 Å². The molecule has 0 N–H and O–H groups in total. The summed E-state index contributed by atoms with van der Waals surface area (Å²) in [6.45, 7) is 6.25. The van der Waals surface area contributed by atoms with E-state index < -0.39 is 0 Å². The molecular weight excluding hydrogens is 230 g/mol. The van der Waals surface area contributed by atoms with E-state index in [4.69, 9.17) is 5.26 Å². The smallest absolute Gasteiger partial charge is 0.0998 e. The summed E-state index contributed by atoms with van der Waals surface area (Å²) in [6, 6.07) is 18.2. The Morgan fingerprint density at radius 2 is 1.79 bits per heavy atom. The maximum Gasteiger partial charge on any atom is 0.0998 e. The monoisotopic (exact) mass is 247 g/mol. The van der Waals surface area contributed by atoms with Gasteiger partial charge in [0.15, 0.2) is 0 Å². The number of hydrogen-bond acceptors (Lipinski definition) is 1. The average molecular weight is 247 g/mol. The molecule has 0 aliphatic rings. The van der Waals surface area contributed by atoms with E-state index in [9.17, 15) is 0 Å². The van der Waals surface area contributed by atoms with Crippen LogP contribution in [0.25, 0.3) is 16.7 Å². The van der Waals surface area contributed by atoms with Crippen molar-refractivity contribution in [1.82, 2.24) is 0 Å². The van der Waals surface area contributed by atoms with E-state index in [2.05, 4.69) is 43.8 Å². The fourth-order valence-corrected chi connectivity index (χ4v) is 2.16. The van der Waals surface area contributed by atoms with Crippen molar-refractivity contribution in [3.8, 4) is 17.2 Å². The van der Waals surface area contributed by atoms with Crippen LogP contribution in [0.4, 0.5) is 0 Å². The van der Waals surface area contributed by atoms with Crippen LogP contribution in [-0.4, -0.2) is 0 Å². The van der Waals surface area contributed by atoms with Crippen LogP contribution in [0.3, 0.4) is 0 Å². The molecule has 0 heterocycles. The Bertz CT molecular complexity index is 615. The summed E-state index contributed by atoms with van der Waals surface area (Å²) in [5.41, 5.74) is 5.12. The van der Waals surface area contributed by atoms with Crippen LogP contribution in [0.2, 0.25) is 0 Å². The average Bonchev–Trinajstić information content (AvgIpc) is 2.47. The van der Waals surface area contributed by atoms with Gasteiger partial charge in [-0.25, -0.2) is 0 Å². The second-order valence-corrected chi connectivity index (χ2v) is 4.59. The highest BCUT2D eigenvalue weighted by Crippen LogP contribution is 2.26. The van der Waals surface area contributed by atoms with Gasteiger partial charge in [0.2, 0.25) is 0 Å². The standard InChI is InChI=1S/C18H17N/c1-3-6-14(2)15-9-11-16(12-10-15)18-8-5-4-7-17(18)13-19/h4-5,7-12H,2-3,6H2,1H3. The summed E-state index contributed by atoms with van der Waals surface area (Å²) in [5.74, 6) is 0. The highest BCUT2D eigenvalue weighted by molar-refractivity contribution is 5.73. The van der Waals surface area contributed by atoms with Crippen LogP contribution >= 0.6 is 0 Å². The lowest BCUT2D eigenvalue weighted by molar-refractivity contribution is 0.975. The Morgan fingerprint density at radius 3 is 2.42 bits per heavy atom. The predicted molar refractivity (Wildman–Crippen MR) is 80.5 cm³/mol. The lowest BCUT2D eigenvalue weighted by Gasteiger charge is -2.07. The lowest BCUT2D eigenvalue weighted by atomic mass is 9.97. The first-order chi connectivity index (χ1) is 9.26. The number of allylic oxidation sites excluding steroid dienone is 1. The predicted octanol–water partition coefficient (Wildman–Crippen LogP) is 5.04. The fourth-order valence-electron chi connectivity index (χ4n) is 2.16. The van der Waals surface area contributed by atoms with Gasteiger partial charge in [-0.1, -0.05) is 62.4 Å². The van der Waals surface area contributed by atoms with Crippen molar-refractivity contribution in [2.75, 3.05) is 0 Å². The van der Waals surface area contributed by atoms with Crippen molar-refractivity contribution >= 4 is 5.57 Å². The number of nitriles is 1. The molecule has 0 fully saturated rings. The SMILES string of the molecule is C=C(CCC)c1ccc(-c2ccccc2C#N)cc1. The van der Waals surface area contributed by atoms with Gasteiger partial charge >= 0.3 is 0 Å². The Kier molecular flexibility index (Phi) is 4.15. The molecule has 0 saturated heterocycles. The minimum Gasteiger partial charge on any atom is -0.192 e. The van der Waals surface area contributed by atoms with E-state index in [0.717, 1.165) is 24.0 Å². The zero-order valence-corrected chi connectivity index (χ0v) is 11.2. The first-order valence-electron chi connectivity index (χ1n) is 6.54. The van der Waals surface area contributed by atoms with E-state index in [1.54, 1.807) is 0 Å². The molecule has 0 aromatic heterocycles. The third kappa shape index (κ3) is 2.92. The summed E-state index contributed by atoms with van der Waals surface area (Å²) in [4.78, 5) is 0. The largest absolute Gasteiger partial charge is 0.192 e. The molecule has 0 aliphatic carbocycles. The summed E-state index contributed by atoms with van der Waals surface area (Å²) in [5, 5.41) is 9.13. The van der Waals surface area contributed by atoms with Gasteiger partial charge in [-0.2, -0.15) is 5.26 Å². The highest BCUT2D eigenvalue weighted by Gasteiger charge is 2.04. The highest BCUT2D eigenvalue weighted by atomic mass is 14.2. The van der Waals surface area contributed by atoms with Crippen molar-refractivity contribution in [2.45, 2.75) is 19.8 Å². The number of benzene rings is 2. The molecule has 0 spiro atoms. The van der Waals surface area contributed by atoms with E-state index in [-0.39, 0.29) is 0 Å². The molecule has 0 bridgehead atoms. The Hall–Kier alpha value is -2.33. The summed E-state index contributed by atoms with van der Waals surface area (Å²) in [6.07, 6.45) is 2.13. The Balaban J connectivity index is 2.33. The van der Waals surface area contributed by atoms with Crippen LogP contribution in [0.1, 0.15) is 30.9 Å². The van der Waals surface area contributed by atoms with Crippen molar-refractivity contribution in [3.63, 3.8) is 0 Å². The molecule has 2 aromatic carbocycles. The molecular formula is C18H17N. The molecule has 1 nitrogen and oxygen atoms in total.